The fraction of sp³-hybridized carbons (Fsp3) is 0.500. The quantitative estimate of drug-likeness (QED) is 0.808. The number of carbonyl (C=O) groups excluding carboxylic acids is 1. The second-order valence-corrected chi connectivity index (χ2v) is 6.18. The van der Waals surface area contributed by atoms with Crippen LogP contribution in [0.15, 0.2) is 18.2 Å². The molecule has 0 heterocycles. The molecule has 1 aromatic rings. The van der Waals surface area contributed by atoms with Crippen molar-refractivity contribution in [2.75, 3.05) is 0 Å². The molecule has 22 heavy (non-hydrogen) atoms. The van der Waals surface area contributed by atoms with Crippen LogP contribution in [0.1, 0.15) is 31.7 Å². The molecule has 6 heteroatoms. The predicted octanol–water partition coefficient (Wildman–Crippen LogP) is 2.79. The van der Waals surface area contributed by atoms with Crippen LogP contribution in [0.3, 0.4) is 0 Å². The number of carboxylic acid groups (broad SMARTS) is 1. The zero-order valence-electron chi connectivity index (χ0n) is 12.6. The molecular formula is C16H20ClNO4. The van der Waals surface area contributed by atoms with Gasteiger partial charge in [0.25, 0.3) is 5.91 Å². The molecule has 1 aliphatic carbocycles. The minimum Gasteiger partial charge on any atom is -0.480 e. The maximum absolute atomic E-state index is 12.1. The molecule has 2 N–H and O–H groups in total. The SMILES string of the molecule is Cc1ccc(Cl)c(OC(C)C(=O)NC(CC2CC2)C(=O)O)c1. The number of rotatable bonds is 7. The van der Waals surface area contributed by atoms with Gasteiger partial charge in [-0.15, -0.1) is 0 Å². The Labute approximate surface area is 134 Å². The average molecular weight is 326 g/mol. The molecule has 1 aromatic carbocycles. The van der Waals surface area contributed by atoms with Crippen molar-refractivity contribution in [3.05, 3.63) is 28.8 Å². The van der Waals surface area contributed by atoms with Crippen molar-refractivity contribution >= 4 is 23.5 Å². The van der Waals surface area contributed by atoms with Crippen molar-refractivity contribution in [2.24, 2.45) is 5.92 Å². The Morgan fingerprint density at radius 2 is 2.14 bits per heavy atom. The van der Waals surface area contributed by atoms with E-state index in [9.17, 15) is 14.7 Å². The van der Waals surface area contributed by atoms with Gasteiger partial charge in [-0.05, 0) is 43.9 Å². The van der Waals surface area contributed by atoms with Crippen LogP contribution in [0.4, 0.5) is 0 Å². The summed E-state index contributed by atoms with van der Waals surface area (Å²) in [5, 5.41) is 12.1. The zero-order valence-corrected chi connectivity index (χ0v) is 13.4. The van der Waals surface area contributed by atoms with Crippen molar-refractivity contribution in [1.29, 1.82) is 0 Å². The van der Waals surface area contributed by atoms with Crippen LogP contribution in [0, 0.1) is 12.8 Å². The summed E-state index contributed by atoms with van der Waals surface area (Å²) in [6.45, 7) is 3.47. The van der Waals surface area contributed by atoms with Gasteiger partial charge in [0.2, 0.25) is 0 Å². The highest BCUT2D eigenvalue weighted by molar-refractivity contribution is 6.32. The number of carbonyl (C=O) groups is 2. The molecule has 2 unspecified atom stereocenters. The first-order valence-corrected chi connectivity index (χ1v) is 7.70. The summed E-state index contributed by atoms with van der Waals surface area (Å²) < 4.78 is 5.55. The lowest BCUT2D eigenvalue weighted by Crippen LogP contribution is -2.46. The van der Waals surface area contributed by atoms with Crippen molar-refractivity contribution in [3.63, 3.8) is 0 Å². The third kappa shape index (κ3) is 4.63. The van der Waals surface area contributed by atoms with Gasteiger partial charge in [0.15, 0.2) is 6.10 Å². The first-order chi connectivity index (χ1) is 10.4. The standard InChI is InChI=1S/C16H20ClNO4/c1-9-3-6-12(17)14(7-9)22-10(2)15(19)18-13(16(20)21)8-11-4-5-11/h3,6-7,10-11,13H,4-5,8H2,1-2H3,(H,18,19)(H,20,21). The number of hydrogen-bond acceptors (Lipinski definition) is 3. The maximum Gasteiger partial charge on any atom is 0.326 e. The highest BCUT2D eigenvalue weighted by Crippen LogP contribution is 2.33. The van der Waals surface area contributed by atoms with Crippen LogP contribution in [-0.4, -0.2) is 29.1 Å². The number of halogens is 1. The van der Waals surface area contributed by atoms with Crippen LogP contribution in [-0.2, 0) is 9.59 Å². The van der Waals surface area contributed by atoms with Crippen molar-refractivity contribution in [2.45, 2.75) is 45.3 Å². The normalized spacial score (nSPS) is 16.7. The van der Waals surface area contributed by atoms with E-state index < -0.39 is 24.0 Å². The number of nitrogens with one attached hydrogen (secondary N) is 1. The molecule has 0 radical (unpaired) electrons. The molecule has 1 amide bonds. The molecule has 5 nitrogen and oxygen atoms in total. The molecule has 1 fully saturated rings. The maximum atomic E-state index is 12.1. The van der Waals surface area contributed by atoms with E-state index in [2.05, 4.69) is 5.32 Å². The third-order valence-electron chi connectivity index (χ3n) is 3.64. The van der Waals surface area contributed by atoms with E-state index in [4.69, 9.17) is 16.3 Å². The van der Waals surface area contributed by atoms with Gasteiger partial charge in [0, 0.05) is 0 Å². The number of aliphatic carboxylic acids is 1. The molecule has 0 spiro atoms. The van der Waals surface area contributed by atoms with E-state index in [0.717, 1.165) is 18.4 Å². The van der Waals surface area contributed by atoms with E-state index in [1.54, 1.807) is 19.1 Å². The van der Waals surface area contributed by atoms with E-state index >= 15 is 0 Å². The molecule has 0 bridgehead atoms. The summed E-state index contributed by atoms with van der Waals surface area (Å²) in [4.78, 5) is 23.3. The topological polar surface area (TPSA) is 75.6 Å². The van der Waals surface area contributed by atoms with E-state index in [1.165, 1.54) is 0 Å². The Balaban J connectivity index is 1.95. The molecule has 120 valence electrons. The first kappa shape index (κ1) is 16.6. The second kappa shape index (κ2) is 7.01. The number of carboxylic acids is 1. The largest absolute Gasteiger partial charge is 0.480 e. The summed E-state index contributed by atoms with van der Waals surface area (Å²) in [6.07, 6.45) is 1.72. The fourth-order valence-electron chi connectivity index (χ4n) is 2.14. The summed E-state index contributed by atoms with van der Waals surface area (Å²) in [5.41, 5.74) is 0.962. The Morgan fingerprint density at radius 3 is 2.73 bits per heavy atom. The molecule has 0 saturated heterocycles. The monoisotopic (exact) mass is 325 g/mol. The minimum atomic E-state index is -1.01. The molecule has 1 aliphatic rings. The van der Waals surface area contributed by atoms with Gasteiger partial charge < -0.3 is 15.2 Å². The fourth-order valence-corrected chi connectivity index (χ4v) is 2.30. The van der Waals surface area contributed by atoms with Crippen molar-refractivity contribution in [3.8, 4) is 5.75 Å². The van der Waals surface area contributed by atoms with Gasteiger partial charge in [0.05, 0.1) is 5.02 Å². The number of aryl methyl sites for hydroxylation is 1. The summed E-state index contributed by atoms with van der Waals surface area (Å²) in [6, 6.07) is 4.42. The van der Waals surface area contributed by atoms with E-state index in [0.29, 0.717) is 23.1 Å². The van der Waals surface area contributed by atoms with E-state index in [-0.39, 0.29) is 0 Å². The Kier molecular flexibility index (Phi) is 5.29. The van der Waals surface area contributed by atoms with Gasteiger partial charge in [-0.1, -0.05) is 30.5 Å². The summed E-state index contributed by atoms with van der Waals surface area (Å²) >= 11 is 6.03. The van der Waals surface area contributed by atoms with Crippen LogP contribution in [0.5, 0.6) is 5.75 Å². The average Bonchev–Trinajstić information content (AvgIpc) is 3.25. The van der Waals surface area contributed by atoms with Crippen LogP contribution in [0.2, 0.25) is 5.02 Å². The smallest absolute Gasteiger partial charge is 0.326 e. The van der Waals surface area contributed by atoms with Crippen LogP contribution < -0.4 is 10.1 Å². The highest BCUT2D eigenvalue weighted by Gasteiger charge is 2.31. The lowest BCUT2D eigenvalue weighted by Gasteiger charge is -2.19. The number of hydrogen-bond donors (Lipinski definition) is 2. The zero-order chi connectivity index (χ0) is 16.3. The number of amides is 1. The Hall–Kier alpha value is -1.75. The summed E-state index contributed by atoms with van der Waals surface area (Å²) in [5.74, 6) is -0.645. The molecule has 2 rings (SSSR count). The minimum absolute atomic E-state index is 0.406. The van der Waals surface area contributed by atoms with Crippen molar-refractivity contribution in [1.82, 2.24) is 5.32 Å². The number of ether oxygens (including phenoxy) is 1. The van der Waals surface area contributed by atoms with E-state index in [1.807, 2.05) is 13.0 Å². The van der Waals surface area contributed by atoms with Gasteiger partial charge >= 0.3 is 5.97 Å². The lowest BCUT2D eigenvalue weighted by molar-refractivity contribution is -0.143. The Bertz CT molecular complexity index is 571. The molecule has 0 aliphatic heterocycles. The molecule has 1 saturated carbocycles. The molecule has 2 atom stereocenters. The Morgan fingerprint density at radius 1 is 1.45 bits per heavy atom. The predicted molar refractivity (Wildman–Crippen MR) is 83.2 cm³/mol. The number of benzene rings is 1. The lowest BCUT2D eigenvalue weighted by atomic mass is 10.1. The molecular weight excluding hydrogens is 306 g/mol. The highest BCUT2D eigenvalue weighted by atomic mass is 35.5. The van der Waals surface area contributed by atoms with Crippen LogP contribution in [0.25, 0.3) is 0 Å². The van der Waals surface area contributed by atoms with Crippen molar-refractivity contribution < 1.29 is 19.4 Å². The molecule has 0 aromatic heterocycles. The second-order valence-electron chi connectivity index (χ2n) is 5.77. The van der Waals surface area contributed by atoms with Gasteiger partial charge in [-0.2, -0.15) is 0 Å². The first-order valence-electron chi connectivity index (χ1n) is 7.33. The van der Waals surface area contributed by atoms with Gasteiger partial charge in [-0.25, -0.2) is 4.79 Å². The summed E-state index contributed by atoms with van der Waals surface area (Å²) in [7, 11) is 0. The van der Waals surface area contributed by atoms with Crippen LogP contribution >= 0.6 is 11.6 Å². The van der Waals surface area contributed by atoms with Gasteiger partial charge in [0.1, 0.15) is 11.8 Å². The van der Waals surface area contributed by atoms with Gasteiger partial charge in [-0.3, -0.25) is 4.79 Å². The third-order valence-corrected chi connectivity index (χ3v) is 3.95.